The molecule has 1 aromatic carbocycles. The molecule has 1 saturated carbocycles. The van der Waals surface area contributed by atoms with Crippen LogP contribution in [0, 0.1) is 11.7 Å². The number of carbonyl (C=O) groups is 1. The summed E-state index contributed by atoms with van der Waals surface area (Å²) >= 11 is 0. The van der Waals surface area contributed by atoms with E-state index in [9.17, 15) is 14.3 Å². The number of rotatable bonds is 2. The maximum Gasteiger partial charge on any atom is 0.225 e. The van der Waals surface area contributed by atoms with Crippen molar-refractivity contribution >= 4 is 5.91 Å². The molecule has 0 saturated heterocycles. The third-order valence-electron chi connectivity index (χ3n) is 5.09. The van der Waals surface area contributed by atoms with Gasteiger partial charge in [-0.25, -0.2) is 4.39 Å². The van der Waals surface area contributed by atoms with Crippen molar-refractivity contribution in [3.8, 4) is 11.3 Å². The van der Waals surface area contributed by atoms with Crippen LogP contribution in [0.3, 0.4) is 0 Å². The van der Waals surface area contributed by atoms with Crippen molar-refractivity contribution in [3.05, 3.63) is 41.3 Å². The monoisotopic (exact) mass is 329 g/mol. The van der Waals surface area contributed by atoms with E-state index < -0.39 is 0 Å². The van der Waals surface area contributed by atoms with E-state index in [2.05, 4.69) is 10.2 Å². The second-order valence-corrected chi connectivity index (χ2v) is 6.69. The molecule has 24 heavy (non-hydrogen) atoms. The Morgan fingerprint density at radius 2 is 2.08 bits per heavy atom. The minimum Gasteiger partial charge on any atom is -0.393 e. The van der Waals surface area contributed by atoms with E-state index in [1.165, 1.54) is 12.1 Å². The first-order valence-electron chi connectivity index (χ1n) is 8.40. The van der Waals surface area contributed by atoms with Gasteiger partial charge in [-0.1, -0.05) is 12.1 Å². The molecule has 5 nitrogen and oxygen atoms in total. The molecule has 2 aromatic rings. The molecule has 0 atom stereocenters. The topological polar surface area (TPSA) is 69.2 Å². The second kappa shape index (κ2) is 6.02. The Kier molecular flexibility index (Phi) is 3.84. The van der Waals surface area contributed by atoms with Gasteiger partial charge in [-0.3, -0.25) is 9.89 Å². The molecular weight excluding hydrogens is 309 g/mol. The van der Waals surface area contributed by atoms with Gasteiger partial charge < -0.3 is 10.0 Å². The predicted molar refractivity (Wildman–Crippen MR) is 86.7 cm³/mol. The number of hydrogen-bond donors (Lipinski definition) is 2. The molecule has 126 valence electrons. The summed E-state index contributed by atoms with van der Waals surface area (Å²) in [6.45, 7) is 1.30. The summed E-state index contributed by atoms with van der Waals surface area (Å²) in [5.41, 5.74) is 3.63. The summed E-state index contributed by atoms with van der Waals surface area (Å²) in [5.74, 6) is -0.166. The largest absolute Gasteiger partial charge is 0.393 e. The van der Waals surface area contributed by atoms with Crippen molar-refractivity contribution in [3.63, 3.8) is 0 Å². The number of aliphatic hydroxyl groups excluding tert-OH is 1. The number of hydrogen-bond acceptors (Lipinski definition) is 3. The van der Waals surface area contributed by atoms with Crippen LogP contribution < -0.4 is 0 Å². The third kappa shape index (κ3) is 2.71. The van der Waals surface area contributed by atoms with Crippen LogP contribution in [0.1, 0.15) is 24.1 Å². The van der Waals surface area contributed by atoms with E-state index in [1.54, 1.807) is 6.07 Å². The zero-order valence-electron chi connectivity index (χ0n) is 13.3. The highest BCUT2D eigenvalue weighted by molar-refractivity contribution is 5.80. The number of aliphatic hydroxyl groups is 1. The SMILES string of the molecule is O=C(C1CC(O)C1)N1CCc2[nH]nc(-c3cccc(F)c3)c2CC1. The zero-order valence-corrected chi connectivity index (χ0v) is 13.3. The number of nitrogens with zero attached hydrogens (tertiary/aromatic N) is 2. The molecule has 4 rings (SSSR count). The Bertz CT molecular complexity index is 767. The quantitative estimate of drug-likeness (QED) is 0.884. The Balaban J connectivity index is 1.53. The van der Waals surface area contributed by atoms with Gasteiger partial charge in [-0.05, 0) is 31.4 Å². The average Bonchev–Trinajstić information content (AvgIpc) is 2.83. The number of halogens is 1. The molecule has 0 bridgehead atoms. The summed E-state index contributed by atoms with van der Waals surface area (Å²) in [6, 6.07) is 6.44. The van der Waals surface area contributed by atoms with Gasteiger partial charge in [0.1, 0.15) is 5.82 Å². The van der Waals surface area contributed by atoms with Crippen LogP contribution >= 0.6 is 0 Å². The molecule has 2 aliphatic rings. The van der Waals surface area contributed by atoms with Gasteiger partial charge >= 0.3 is 0 Å². The Labute approximate surface area is 139 Å². The molecule has 1 aliphatic heterocycles. The molecule has 0 radical (unpaired) electrons. The zero-order chi connectivity index (χ0) is 16.7. The minimum atomic E-state index is -0.317. The van der Waals surface area contributed by atoms with Crippen molar-refractivity contribution in [1.29, 1.82) is 0 Å². The molecule has 0 unspecified atom stereocenters. The van der Waals surface area contributed by atoms with Crippen LogP contribution in [0.25, 0.3) is 11.3 Å². The number of amides is 1. The molecule has 2 heterocycles. The summed E-state index contributed by atoms with van der Waals surface area (Å²) in [5, 5.41) is 16.8. The van der Waals surface area contributed by atoms with Gasteiger partial charge in [0.05, 0.1) is 11.8 Å². The summed E-state index contributed by atoms with van der Waals surface area (Å²) in [6.07, 6.45) is 2.27. The number of carbonyl (C=O) groups excluding carboxylic acids is 1. The first-order valence-corrected chi connectivity index (χ1v) is 8.40. The fraction of sp³-hybridized carbons (Fsp3) is 0.444. The van der Waals surface area contributed by atoms with Crippen LogP contribution in [0.4, 0.5) is 4.39 Å². The van der Waals surface area contributed by atoms with E-state index in [0.29, 0.717) is 32.4 Å². The van der Waals surface area contributed by atoms with Gasteiger partial charge in [-0.15, -0.1) is 0 Å². The average molecular weight is 329 g/mol. The summed E-state index contributed by atoms with van der Waals surface area (Å²) in [4.78, 5) is 14.4. The van der Waals surface area contributed by atoms with Crippen molar-refractivity contribution in [2.75, 3.05) is 13.1 Å². The molecule has 0 spiro atoms. The molecular formula is C18H20FN3O2. The third-order valence-corrected chi connectivity index (χ3v) is 5.09. The Hall–Kier alpha value is -2.21. The van der Waals surface area contributed by atoms with Gasteiger partial charge in [0, 0.05) is 42.2 Å². The highest BCUT2D eigenvalue weighted by Gasteiger charge is 2.36. The number of H-pyrrole nitrogens is 1. The van der Waals surface area contributed by atoms with Crippen molar-refractivity contribution in [2.24, 2.45) is 5.92 Å². The highest BCUT2D eigenvalue weighted by atomic mass is 19.1. The first-order chi connectivity index (χ1) is 11.6. The number of benzene rings is 1. The lowest BCUT2D eigenvalue weighted by atomic mass is 9.81. The van der Waals surface area contributed by atoms with E-state index in [0.717, 1.165) is 28.9 Å². The molecule has 6 heteroatoms. The maximum absolute atomic E-state index is 13.5. The number of aromatic nitrogens is 2. The molecule has 1 aliphatic carbocycles. The van der Waals surface area contributed by atoms with Crippen LogP contribution in [-0.4, -0.2) is 45.3 Å². The van der Waals surface area contributed by atoms with E-state index >= 15 is 0 Å². The molecule has 1 amide bonds. The summed E-state index contributed by atoms with van der Waals surface area (Å²) in [7, 11) is 0. The van der Waals surface area contributed by atoms with Gasteiger partial charge in [-0.2, -0.15) is 5.10 Å². The standard InChI is InChI=1S/C18H20FN3O2/c19-13-3-1-2-11(8-13)17-15-4-6-22(7-5-16(15)20-21-17)18(24)12-9-14(23)10-12/h1-3,8,12,14,23H,4-7,9-10H2,(H,20,21). The second-order valence-electron chi connectivity index (χ2n) is 6.69. The van der Waals surface area contributed by atoms with Crippen LogP contribution in [-0.2, 0) is 17.6 Å². The number of fused-ring (bicyclic) bond motifs is 1. The fourth-order valence-corrected chi connectivity index (χ4v) is 3.63. The van der Waals surface area contributed by atoms with Crippen molar-refractivity contribution in [2.45, 2.75) is 31.8 Å². The lowest BCUT2D eigenvalue weighted by Crippen LogP contribution is -2.44. The minimum absolute atomic E-state index is 0.0303. The van der Waals surface area contributed by atoms with E-state index in [4.69, 9.17) is 0 Å². The highest BCUT2D eigenvalue weighted by Crippen LogP contribution is 2.31. The van der Waals surface area contributed by atoms with Gasteiger partial charge in [0.2, 0.25) is 5.91 Å². The first kappa shape index (κ1) is 15.3. The van der Waals surface area contributed by atoms with Gasteiger partial charge in [0.15, 0.2) is 0 Å². The van der Waals surface area contributed by atoms with Crippen LogP contribution in [0.2, 0.25) is 0 Å². The summed E-state index contributed by atoms with van der Waals surface area (Å²) < 4.78 is 13.5. The smallest absolute Gasteiger partial charge is 0.225 e. The van der Waals surface area contributed by atoms with Crippen molar-refractivity contribution in [1.82, 2.24) is 15.1 Å². The Morgan fingerprint density at radius 3 is 2.83 bits per heavy atom. The van der Waals surface area contributed by atoms with Crippen LogP contribution in [0.15, 0.2) is 24.3 Å². The van der Waals surface area contributed by atoms with E-state index in [1.807, 2.05) is 11.0 Å². The van der Waals surface area contributed by atoms with Crippen LogP contribution in [0.5, 0.6) is 0 Å². The van der Waals surface area contributed by atoms with E-state index in [-0.39, 0.29) is 23.7 Å². The molecule has 2 N–H and O–H groups in total. The molecule has 1 aromatic heterocycles. The maximum atomic E-state index is 13.5. The number of nitrogens with one attached hydrogen (secondary N) is 1. The van der Waals surface area contributed by atoms with Crippen molar-refractivity contribution < 1.29 is 14.3 Å². The van der Waals surface area contributed by atoms with Gasteiger partial charge in [0.25, 0.3) is 0 Å². The normalized spacial score (nSPS) is 23.3. The lowest BCUT2D eigenvalue weighted by molar-refractivity contribution is -0.142. The number of aromatic amines is 1. The molecule has 1 fully saturated rings. The lowest BCUT2D eigenvalue weighted by Gasteiger charge is -2.34. The predicted octanol–water partition coefficient (Wildman–Crippen LogP) is 1.91. The Morgan fingerprint density at radius 1 is 1.29 bits per heavy atom. The fourth-order valence-electron chi connectivity index (χ4n) is 3.63.